The molecule has 8 fully saturated rings. The van der Waals surface area contributed by atoms with E-state index in [-0.39, 0.29) is 0 Å². The Kier molecular flexibility index (Phi) is 28.5. The van der Waals surface area contributed by atoms with Crippen LogP contribution in [0.1, 0.15) is 349 Å². The average molecular weight is 1640 g/mol. The first-order valence-electron chi connectivity index (χ1n) is 49.3. The lowest BCUT2D eigenvalue weighted by molar-refractivity contribution is 0.443. The first kappa shape index (κ1) is 84.4. The van der Waals surface area contributed by atoms with E-state index < -0.39 is 0 Å². The molecule has 20 rings (SSSR count). The van der Waals surface area contributed by atoms with Gasteiger partial charge in [-0.1, -0.05) is 360 Å². The fraction of sp³-hybridized carbons (Fsp3) is 0.400. The van der Waals surface area contributed by atoms with Crippen molar-refractivity contribution in [1.29, 1.82) is 0 Å². The van der Waals surface area contributed by atoms with E-state index in [2.05, 4.69) is 272 Å². The quantitative estimate of drug-likeness (QED) is 0.0841. The zero-order valence-electron chi connectivity index (χ0n) is 73.8. The van der Waals surface area contributed by atoms with Crippen LogP contribution < -0.4 is 11.1 Å². The standard InChI is InChI=1S/C60H67N.C30H33Cl.C30H35N/c1-5-13-43(14-6-1)47-21-29-51(30-22-47)55-37-56(52-31-23-48(24-32-52)44-15-7-2-8-16-44)40-59(39-55)61-60-41-57(53-33-25-49(26-34-53)45-17-9-3-10-18-45)38-58(42-60)54-35-27-50(28-36-54)46-19-11-4-12-20-46;2*31-30-20-28(26-15-11-24(12-16-26)22-7-3-1-4-8-22)19-29(21-30)27-17-13-25(14-18-27)23-9-5-2-6-10-23/h21-46,61H,1-20H2;11-23H,1-10H2;11-23H,1-10,31H2. The first-order chi connectivity index (χ1) is 60.7. The topological polar surface area (TPSA) is 38.0 Å². The lowest BCUT2D eigenvalue weighted by Gasteiger charge is -2.22. The molecular weight excluding hydrogens is 1500 g/mol. The Morgan fingerprint density at radius 3 is 0.455 bits per heavy atom. The summed E-state index contributed by atoms with van der Waals surface area (Å²) in [6.07, 6.45) is 54.5. The second-order valence-corrected chi connectivity index (χ2v) is 39.4. The number of nitrogens with one attached hydrogen (secondary N) is 1. The fourth-order valence-corrected chi connectivity index (χ4v) is 23.4. The van der Waals surface area contributed by atoms with Crippen LogP contribution in [-0.2, 0) is 0 Å². The van der Waals surface area contributed by atoms with Crippen molar-refractivity contribution in [2.45, 2.75) is 304 Å². The Bertz CT molecular complexity index is 4660. The Hall–Kier alpha value is -9.47. The van der Waals surface area contributed by atoms with Gasteiger partial charge in [0.15, 0.2) is 0 Å². The molecule has 0 spiro atoms. The Morgan fingerprint density at radius 1 is 0.163 bits per heavy atom. The zero-order chi connectivity index (χ0) is 82.9. The third-order valence-corrected chi connectivity index (χ3v) is 30.8. The van der Waals surface area contributed by atoms with E-state index in [0.717, 1.165) is 45.8 Å². The van der Waals surface area contributed by atoms with Crippen LogP contribution in [0.3, 0.4) is 0 Å². The summed E-state index contributed by atoms with van der Waals surface area (Å²) in [6.45, 7) is 0. The van der Waals surface area contributed by atoms with Gasteiger partial charge in [-0.3, -0.25) is 0 Å². The van der Waals surface area contributed by atoms with Crippen LogP contribution in [0.2, 0.25) is 5.02 Å². The second-order valence-electron chi connectivity index (χ2n) is 39.0. The molecule has 12 aromatic carbocycles. The highest BCUT2D eigenvalue weighted by Crippen LogP contribution is 2.46. The highest BCUT2D eigenvalue weighted by Gasteiger charge is 2.25. The van der Waals surface area contributed by atoms with Crippen LogP contribution in [0.25, 0.3) is 89.0 Å². The maximum atomic E-state index is 6.56. The highest BCUT2D eigenvalue weighted by atomic mass is 35.5. The van der Waals surface area contributed by atoms with Crippen molar-refractivity contribution in [3.05, 3.63) is 316 Å². The predicted molar refractivity (Wildman–Crippen MR) is 529 cm³/mol. The summed E-state index contributed by atoms with van der Waals surface area (Å²) in [5.41, 5.74) is 41.5. The molecule has 123 heavy (non-hydrogen) atoms. The number of rotatable bonds is 18. The number of anilines is 3. The van der Waals surface area contributed by atoms with Gasteiger partial charge < -0.3 is 11.1 Å². The SMILES string of the molecule is Clc1cc(-c2ccc(C3CCCCC3)cc2)cc(-c2ccc(C3CCCCC3)cc2)c1.Nc1cc(-c2ccc(C3CCCCC3)cc2)cc(-c2ccc(C3CCCCC3)cc2)c1.c1cc(C2CCCCC2)ccc1-c1cc(Nc2cc(-c3ccc(C4CCCCC4)cc3)cc(-c3ccc(C4CCCCC4)cc3)c2)cc(-c2ccc(C3CCCCC3)cc2)c1. The van der Waals surface area contributed by atoms with Crippen LogP contribution in [0.4, 0.5) is 17.1 Å². The summed E-state index contributed by atoms with van der Waals surface area (Å²) in [6, 6.07) is 103. The molecular formula is C120H135ClN2. The number of nitrogen functional groups attached to an aromatic ring is 1. The van der Waals surface area contributed by atoms with Gasteiger partial charge in [0, 0.05) is 22.1 Å². The van der Waals surface area contributed by atoms with Crippen molar-refractivity contribution in [2.75, 3.05) is 11.1 Å². The molecule has 0 bridgehead atoms. The molecule has 0 aliphatic heterocycles. The minimum absolute atomic E-state index is 0.711. The minimum Gasteiger partial charge on any atom is -0.399 e. The summed E-state index contributed by atoms with van der Waals surface area (Å²) in [4.78, 5) is 0. The molecule has 0 radical (unpaired) electrons. The summed E-state index contributed by atoms with van der Waals surface area (Å²) in [7, 11) is 0. The van der Waals surface area contributed by atoms with Crippen molar-refractivity contribution in [2.24, 2.45) is 0 Å². The molecule has 0 amide bonds. The molecule has 8 saturated carbocycles. The van der Waals surface area contributed by atoms with E-state index in [4.69, 9.17) is 17.3 Å². The molecule has 0 heterocycles. The van der Waals surface area contributed by atoms with E-state index in [0.29, 0.717) is 23.7 Å². The van der Waals surface area contributed by atoms with Gasteiger partial charge in [-0.15, -0.1) is 0 Å². The molecule has 8 aliphatic carbocycles. The number of benzene rings is 12. The Labute approximate surface area is 744 Å². The van der Waals surface area contributed by atoms with Crippen molar-refractivity contribution < 1.29 is 0 Å². The lowest BCUT2D eigenvalue weighted by atomic mass is 9.83. The molecule has 0 saturated heterocycles. The summed E-state index contributed by atoms with van der Waals surface area (Å²) in [5, 5.41) is 4.80. The average Bonchev–Trinajstić information content (AvgIpc) is 0.798. The maximum Gasteiger partial charge on any atom is 0.0418 e. The predicted octanol–water partition coefficient (Wildman–Crippen LogP) is 36.8. The van der Waals surface area contributed by atoms with Crippen LogP contribution in [-0.4, -0.2) is 0 Å². The van der Waals surface area contributed by atoms with Gasteiger partial charge >= 0.3 is 0 Å². The largest absolute Gasteiger partial charge is 0.399 e. The normalized spacial score (nSPS) is 18.4. The van der Waals surface area contributed by atoms with Gasteiger partial charge in [-0.25, -0.2) is 0 Å². The van der Waals surface area contributed by atoms with E-state index in [9.17, 15) is 0 Å². The second kappa shape index (κ2) is 41.6. The lowest BCUT2D eigenvalue weighted by Crippen LogP contribution is -2.04. The summed E-state index contributed by atoms with van der Waals surface area (Å²) < 4.78 is 0. The molecule has 0 atom stereocenters. The van der Waals surface area contributed by atoms with E-state index >= 15 is 0 Å². The molecule has 12 aromatic rings. The fourth-order valence-electron chi connectivity index (χ4n) is 23.2. The van der Waals surface area contributed by atoms with Gasteiger partial charge in [0.1, 0.15) is 0 Å². The third-order valence-electron chi connectivity index (χ3n) is 30.6. The van der Waals surface area contributed by atoms with Crippen LogP contribution in [0.5, 0.6) is 0 Å². The molecule has 3 heteroatoms. The highest BCUT2D eigenvalue weighted by molar-refractivity contribution is 6.31. The molecule has 3 N–H and O–H groups in total. The van der Waals surface area contributed by atoms with Gasteiger partial charge in [0.25, 0.3) is 0 Å². The molecule has 0 unspecified atom stereocenters. The molecule has 632 valence electrons. The van der Waals surface area contributed by atoms with Gasteiger partial charge in [-0.05, 0) is 356 Å². The van der Waals surface area contributed by atoms with Crippen molar-refractivity contribution in [3.63, 3.8) is 0 Å². The zero-order valence-corrected chi connectivity index (χ0v) is 74.5. The van der Waals surface area contributed by atoms with Crippen LogP contribution in [0.15, 0.2) is 267 Å². The smallest absolute Gasteiger partial charge is 0.0418 e. The summed E-state index contributed by atoms with van der Waals surface area (Å²) in [5.74, 6) is 5.85. The first-order valence-corrected chi connectivity index (χ1v) is 49.7. The van der Waals surface area contributed by atoms with Crippen LogP contribution >= 0.6 is 11.6 Å². The molecule has 2 nitrogen and oxygen atoms in total. The molecule has 8 aliphatic rings. The van der Waals surface area contributed by atoms with E-state index in [1.165, 1.54) is 390 Å². The third kappa shape index (κ3) is 21.9. The molecule has 0 aromatic heterocycles. The van der Waals surface area contributed by atoms with Gasteiger partial charge in [0.2, 0.25) is 0 Å². The van der Waals surface area contributed by atoms with E-state index in [1.807, 2.05) is 0 Å². The monoisotopic (exact) mass is 1640 g/mol. The van der Waals surface area contributed by atoms with Crippen LogP contribution in [0, 0.1) is 0 Å². The number of hydrogen-bond acceptors (Lipinski definition) is 2. The Balaban J connectivity index is 0.000000139. The van der Waals surface area contributed by atoms with Crippen molar-refractivity contribution >= 4 is 28.7 Å². The van der Waals surface area contributed by atoms with Crippen molar-refractivity contribution in [3.8, 4) is 89.0 Å². The number of nitrogens with two attached hydrogens (primary N) is 1. The summed E-state index contributed by atoms with van der Waals surface area (Å²) >= 11 is 6.56. The van der Waals surface area contributed by atoms with Crippen molar-refractivity contribution in [1.82, 2.24) is 0 Å². The van der Waals surface area contributed by atoms with Gasteiger partial charge in [0.05, 0.1) is 0 Å². The maximum absolute atomic E-state index is 6.56. The Morgan fingerprint density at radius 2 is 0.301 bits per heavy atom. The minimum atomic E-state index is 0.711. The van der Waals surface area contributed by atoms with E-state index in [1.54, 1.807) is 0 Å². The number of halogens is 1. The number of hydrogen-bond donors (Lipinski definition) is 2. The van der Waals surface area contributed by atoms with Gasteiger partial charge in [-0.2, -0.15) is 0 Å².